The molecule has 0 atom stereocenters. The van der Waals surface area contributed by atoms with E-state index in [4.69, 9.17) is 0 Å². The molecule has 0 amide bonds. The predicted molar refractivity (Wildman–Crippen MR) is 74.8 cm³/mol. The monoisotopic (exact) mass is 389 g/mol. The molecule has 0 spiro atoms. The van der Waals surface area contributed by atoms with Gasteiger partial charge in [0.1, 0.15) is 4.21 Å². The summed E-state index contributed by atoms with van der Waals surface area (Å²) in [5, 5.41) is 0.586. The molecule has 1 aromatic rings. The van der Waals surface area contributed by atoms with Crippen molar-refractivity contribution in [3.63, 3.8) is 0 Å². The van der Waals surface area contributed by atoms with E-state index in [0.717, 1.165) is 3.79 Å². The van der Waals surface area contributed by atoms with Gasteiger partial charge >= 0.3 is 0 Å². The molecule has 1 rings (SSSR count). The van der Waals surface area contributed by atoms with Crippen LogP contribution in [0.3, 0.4) is 0 Å². The van der Waals surface area contributed by atoms with Gasteiger partial charge in [0.25, 0.3) is 10.0 Å². The Balaban J connectivity index is 3.13. The van der Waals surface area contributed by atoms with E-state index in [-0.39, 0.29) is 0 Å². The fourth-order valence-corrected chi connectivity index (χ4v) is 5.22. The molecular formula is C9H13Br2NO2S2. The van der Waals surface area contributed by atoms with E-state index in [1.54, 1.807) is 19.2 Å². The third kappa shape index (κ3) is 2.87. The van der Waals surface area contributed by atoms with Crippen LogP contribution in [0, 0.1) is 0 Å². The second kappa shape index (κ2) is 5.06. The lowest BCUT2D eigenvalue weighted by Crippen LogP contribution is -2.45. The summed E-state index contributed by atoms with van der Waals surface area (Å²) >= 11 is 7.82. The zero-order chi connectivity index (χ0) is 12.6. The van der Waals surface area contributed by atoms with E-state index < -0.39 is 15.6 Å². The van der Waals surface area contributed by atoms with Gasteiger partial charge in [-0.1, -0.05) is 15.9 Å². The summed E-state index contributed by atoms with van der Waals surface area (Å²) in [6.07, 6.45) is 0. The third-order valence-electron chi connectivity index (χ3n) is 2.34. The van der Waals surface area contributed by atoms with Crippen molar-refractivity contribution >= 4 is 53.2 Å². The summed E-state index contributed by atoms with van der Waals surface area (Å²) in [4.78, 5) is 0. The summed E-state index contributed by atoms with van der Waals surface area (Å²) in [5.41, 5.74) is -0.449. The molecule has 0 aromatic carbocycles. The molecule has 3 nitrogen and oxygen atoms in total. The van der Waals surface area contributed by atoms with E-state index in [1.165, 1.54) is 15.6 Å². The summed E-state index contributed by atoms with van der Waals surface area (Å²) < 4.78 is 27.1. The van der Waals surface area contributed by atoms with E-state index in [2.05, 4.69) is 31.9 Å². The second-order valence-corrected chi connectivity index (χ2v) is 9.20. The lowest BCUT2D eigenvalue weighted by Gasteiger charge is -2.32. The largest absolute Gasteiger partial charge is 0.252 e. The van der Waals surface area contributed by atoms with Crippen molar-refractivity contribution in [1.82, 2.24) is 4.31 Å². The normalized spacial score (nSPS) is 13.4. The van der Waals surface area contributed by atoms with Crippen molar-refractivity contribution < 1.29 is 8.42 Å². The topological polar surface area (TPSA) is 37.4 Å². The Bertz CT molecular complexity index is 468. The Hall–Kier alpha value is 0.570. The SMILES string of the molecule is CN(C(C)(C)CBr)S(=O)(=O)c1ccc(Br)s1. The number of nitrogens with zero attached hydrogens (tertiary/aromatic N) is 1. The Morgan fingerprint density at radius 3 is 2.38 bits per heavy atom. The third-order valence-corrected chi connectivity index (χ3v) is 7.88. The minimum atomic E-state index is -3.40. The number of alkyl halides is 1. The molecule has 92 valence electrons. The molecule has 0 aliphatic carbocycles. The highest BCUT2D eigenvalue weighted by atomic mass is 79.9. The highest BCUT2D eigenvalue weighted by molar-refractivity contribution is 9.11. The Labute approximate surface area is 117 Å². The number of rotatable bonds is 4. The van der Waals surface area contributed by atoms with Crippen LogP contribution < -0.4 is 0 Å². The van der Waals surface area contributed by atoms with Gasteiger partial charge in [-0.25, -0.2) is 8.42 Å². The fraction of sp³-hybridized carbons (Fsp3) is 0.556. The number of thiophene rings is 1. The molecule has 0 N–H and O–H groups in total. The highest BCUT2D eigenvalue weighted by Crippen LogP contribution is 2.31. The lowest BCUT2D eigenvalue weighted by atomic mass is 10.1. The standard InChI is InChI=1S/C9H13Br2NO2S2/c1-9(2,6-10)12(3)16(13,14)8-5-4-7(11)15-8/h4-5H,6H2,1-3H3. The first-order valence-corrected chi connectivity index (χ1v) is 8.69. The van der Waals surface area contributed by atoms with Gasteiger partial charge in [-0.2, -0.15) is 4.31 Å². The first kappa shape index (κ1) is 14.6. The molecule has 0 bridgehead atoms. The summed E-state index contributed by atoms with van der Waals surface area (Å²) in [5.74, 6) is 0. The maximum absolute atomic E-state index is 12.2. The van der Waals surface area contributed by atoms with E-state index in [0.29, 0.717) is 9.54 Å². The molecule has 7 heteroatoms. The number of sulfonamides is 1. The molecule has 1 heterocycles. The smallest absolute Gasteiger partial charge is 0.206 e. The van der Waals surface area contributed by atoms with Gasteiger partial charge in [-0.15, -0.1) is 11.3 Å². The summed E-state index contributed by atoms with van der Waals surface area (Å²) in [6, 6.07) is 3.36. The van der Waals surface area contributed by atoms with Crippen molar-refractivity contribution in [1.29, 1.82) is 0 Å². The summed E-state index contributed by atoms with van der Waals surface area (Å²) in [6.45, 7) is 3.75. The van der Waals surface area contributed by atoms with Crippen molar-refractivity contribution in [3.8, 4) is 0 Å². The molecule has 16 heavy (non-hydrogen) atoms. The van der Waals surface area contributed by atoms with E-state index >= 15 is 0 Å². The van der Waals surface area contributed by atoms with Crippen LogP contribution in [0.4, 0.5) is 0 Å². The molecule has 0 saturated carbocycles. The van der Waals surface area contributed by atoms with Gasteiger partial charge in [0, 0.05) is 17.9 Å². The highest BCUT2D eigenvalue weighted by Gasteiger charge is 2.33. The van der Waals surface area contributed by atoms with Gasteiger partial charge in [0.2, 0.25) is 0 Å². The van der Waals surface area contributed by atoms with Crippen molar-refractivity contribution in [2.24, 2.45) is 0 Å². The van der Waals surface area contributed by atoms with Crippen LogP contribution in [0.1, 0.15) is 13.8 Å². The Kier molecular flexibility index (Phi) is 4.62. The van der Waals surface area contributed by atoms with Crippen molar-refractivity contribution in [2.45, 2.75) is 23.6 Å². The minimum Gasteiger partial charge on any atom is -0.206 e. The van der Waals surface area contributed by atoms with E-state index in [1.807, 2.05) is 13.8 Å². The van der Waals surface area contributed by atoms with Crippen LogP contribution in [-0.2, 0) is 10.0 Å². The predicted octanol–water partition coefficient (Wildman–Crippen LogP) is 3.30. The number of hydrogen-bond donors (Lipinski definition) is 0. The van der Waals surface area contributed by atoms with Gasteiger partial charge in [-0.3, -0.25) is 0 Å². The quantitative estimate of drug-likeness (QED) is 0.739. The molecule has 0 saturated heterocycles. The summed E-state index contributed by atoms with van der Waals surface area (Å²) in [7, 11) is -1.79. The molecule has 0 aliphatic heterocycles. The van der Waals surface area contributed by atoms with Crippen LogP contribution in [-0.4, -0.2) is 30.6 Å². The lowest BCUT2D eigenvalue weighted by molar-refractivity contribution is 0.300. The molecule has 0 fully saturated rings. The van der Waals surface area contributed by atoms with Gasteiger partial charge < -0.3 is 0 Å². The van der Waals surface area contributed by atoms with Crippen molar-refractivity contribution in [3.05, 3.63) is 15.9 Å². The molecule has 0 unspecified atom stereocenters. The van der Waals surface area contributed by atoms with Crippen LogP contribution in [0.2, 0.25) is 0 Å². The Morgan fingerprint density at radius 2 is 2.00 bits per heavy atom. The zero-order valence-electron chi connectivity index (χ0n) is 9.20. The van der Waals surface area contributed by atoms with Gasteiger partial charge in [0.15, 0.2) is 0 Å². The van der Waals surface area contributed by atoms with Gasteiger partial charge in [-0.05, 0) is 41.9 Å². The van der Waals surface area contributed by atoms with Crippen LogP contribution in [0.25, 0.3) is 0 Å². The molecule has 0 aliphatic rings. The van der Waals surface area contributed by atoms with Crippen LogP contribution >= 0.6 is 43.2 Å². The molecule has 1 aromatic heterocycles. The molecule has 0 radical (unpaired) electrons. The van der Waals surface area contributed by atoms with Crippen molar-refractivity contribution in [2.75, 3.05) is 12.4 Å². The zero-order valence-corrected chi connectivity index (χ0v) is 14.0. The first-order valence-electron chi connectivity index (χ1n) is 4.52. The first-order chi connectivity index (χ1) is 7.21. The van der Waals surface area contributed by atoms with Crippen LogP contribution in [0.5, 0.6) is 0 Å². The fourth-order valence-electron chi connectivity index (χ4n) is 0.981. The molecular weight excluding hydrogens is 378 g/mol. The van der Waals surface area contributed by atoms with Gasteiger partial charge in [0.05, 0.1) is 3.79 Å². The number of halogens is 2. The maximum atomic E-state index is 12.2. The average Bonchev–Trinajstić information content (AvgIpc) is 2.64. The minimum absolute atomic E-state index is 0.357. The number of hydrogen-bond acceptors (Lipinski definition) is 3. The average molecular weight is 391 g/mol. The van der Waals surface area contributed by atoms with E-state index in [9.17, 15) is 8.42 Å². The maximum Gasteiger partial charge on any atom is 0.252 e. The van der Waals surface area contributed by atoms with Crippen LogP contribution in [0.15, 0.2) is 20.1 Å². The second-order valence-electron chi connectivity index (χ2n) is 3.98. The Morgan fingerprint density at radius 1 is 1.44 bits per heavy atom.